The van der Waals surface area contributed by atoms with Gasteiger partial charge < -0.3 is 39.0 Å². The van der Waals surface area contributed by atoms with E-state index in [1.54, 1.807) is 40.0 Å². The van der Waals surface area contributed by atoms with Gasteiger partial charge in [0.05, 0.1) is 29.4 Å². The predicted octanol–water partition coefficient (Wildman–Crippen LogP) is 5.20. The molecule has 0 saturated carbocycles. The Balaban J connectivity index is 1.62. The number of hydrogen-bond acceptors (Lipinski definition) is 12. The molecule has 2 N–H and O–H groups in total. The second-order valence-corrected chi connectivity index (χ2v) is 16.5. The number of cyclic esters (lactones) is 1. The van der Waals surface area contributed by atoms with Gasteiger partial charge in [-0.05, 0) is 71.8 Å². The number of pyridine rings is 1. The summed E-state index contributed by atoms with van der Waals surface area (Å²) in [6.45, 7) is 11.5. The first kappa shape index (κ1) is 43.3. The molecule has 0 radical (unpaired) electrons. The van der Waals surface area contributed by atoms with Crippen molar-refractivity contribution in [1.29, 1.82) is 0 Å². The number of amides is 1. The van der Waals surface area contributed by atoms with Gasteiger partial charge in [0, 0.05) is 48.9 Å². The molecule has 1 aromatic heterocycles. The number of aliphatic hydroxyl groups is 1. The van der Waals surface area contributed by atoms with Gasteiger partial charge in [-0.1, -0.05) is 58.0 Å². The molecule has 13 nitrogen and oxygen atoms in total. The molecule has 3 aliphatic rings. The minimum atomic E-state index is -3.28. The third kappa shape index (κ3) is 8.40. The van der Waals surface area contributed by atoms with Crippen LogP contribution in [0.2, 0.25) is 0 Å². The van der Waals surface area contributed by atoms with Gasteiger partial charge >= 0.3 is 12.1 Å². The van der Waals surface area contributed by atoms with Crippen LogP contribution in [0.15, 0.2) is 42.6 Å². The van der Waals surface area contributed by atoms with Crippen LogP contribution in [0.25, 0.3) is 17.0 Å². The number of rotatable bonds is 8. The summed E-state index contributed by atoms with van der Waals surface area (Å²) in [5, 5.41) is 15.1. The highest BCUT2D eigenvalue weighted by atomic mass is 19.1. The Morgan fingerprint density at radius 3 is 2.45 bits per heavy atom. The van der Waals surface area contributed by atoms with Crippen molar-refractivity contribution >= 4 is 40.6 Å². The summed E-state index contributed by atoms with van der Waals surface area (Å²) in [4.78, 5) is 62.6. The van der Waals surface area contributed by atoms with E-state index < -0.39 is 89.5 Å². The Kier molecular flexibility index (Phi) is 13.1. The van der Waals surface area contributed by atoms with Gasteiger partial charge in [-0.2, -0.15) is 0 Å². The molecular weight excluding hydrogens is 725 g/mol. The van der Waals surface area contributed by atoms with Crippen LogP contribution in [-0.2, 0) is 38.1 Å². The lowest BCUT2D eigenvalue weighted by molar-refractivity contribution is -0.295. The highest BCUT2D eigenvalue weighted by Gasteiger charge is 2.60. The number of Topliss-reactive ketones (excluding diaryl/α,β-unsaturated/α-hetero) is 2. The highest BCUT2D eigenvalue weighted by Crippen LogP contribution is 2.42. The van der Waals surface area contributed by atoms with Crippen molar-refractivity contribution in [1.82, 2.24) is 15.2 Å². The first-order valence-electron chi connectivity index (χ1n) is 19.5. The number of carbonyl (C=O) groups excluding carboxylic acids is 4. The average molecular weight is 784 g/mol. The maximum atomic E-state index is 18.0. The molecule has 4 heterocycles. The average Bonchev–Trinajstić information content (AvgIpc) is 3.48. The zero-order valence-corrected chi connectivity index (χ0v) is 34.1. The Bertz CT molecular complexity index is 1810. The van der Waals surface area contributed by atoms with E-state index in [1.807, 2.05) is 56.3 Å². The lowest BCUT2D eigenvalue weighted by Gasteiger charge is -2.47. The number of allylic oxidation sites excluding steroid dienone is 1. The van der Waals surface area contributed by atoms with Gasteiger partial charge in [-0.25, -0.2) is 14.0 Å². The SMILES string of the molecule is CC[C@@H]1OC(=O)C(F)(C/C=C/c2cnc3ccccc3c2)C(=O)[C@H](C)[C@@H](O[C@@H]2O[C@H](C)C[C@H](N(C)C)[C@H]2O)[C@@](C)(OC)C[C@@H](C)C(=O)[C@@H](C)[C@H]2NC(=O)O[C@]12C. The number of methoxy groups -OCH3 is 1. The fourth-order valence-electron chi connectivity index (χ4n) is 8.83. The fourth-order valence-corrected chi connectivity index (χ4v) is 8.83. The van der Waals surface area contributed by atoms with Crippen molar-refractivity contribution in [3.8, 4) is 0 Å². The lowest BCUT2D eigenvalue weighted by Crippen LogP contribution is -2.62. The predicted molar refractivity (Wildman–Crippen MR) is 206 cm³/mol. The van der Waals surface area contributed by atoms with E-state index in [4.69, 9.17) is 23.7 Å². The zero-order chi connectivity index (χ0) is 41.3. The Morgan fingerprint density at radius 2 is 1.79 bits per heavy atom. The molecule has 0 spiro atoms. The first-order valence-corrected chi connectivity index (χ1v) is 19.5. The zero-order valence-electron chi connectivity index (χ0n) is 34.1. The van der Waals surface area contributed by atoms with Gasteiger partial charge in [0.15, 0.2) is 17.7 Å². The Labute approximate surface area is 328 Å². The topological polar surface area (TPSA) is 163 Å². The number of fused-ring (bicyclic) bond motifs is 2. The number of aromatic nitrogens is 1. The quantitative estimate of drug-likeness (QED) is 0.266. The largest absolute Gasteiger partial charge is 0.455 e. The summed E-state index contributed by atoms with van der Waals surface area (Å²) >= 11 is 0. The molecule has 3 aliphatic heterocycles. The lowest BCUT2D eigenvalue weighted by atomic mass is 9.73. The molecule has 0 bridgehead atoms. The molecular formula is C42H58FN3O10. The van der Waals surface area contributed by atoms with Crippen LogP contribution in [-0.4, -0.2) is 119 Å². The normalized spacial score (nSPS) is 38.9. The van der Waals surface area contributed by atoms with E-state index >= 15 is 4.39 Å². The molecule has 3 fully saturated rings. The molecule has 3 saturated heterocycles. The minimum Gasteiger partial charge on any atom is -0.455 e. The summed E-state index contributed by atoms with van der Waals surface area (Å²) in [5.41, 5.74) is -4.98. The van der Waals surface area contributed by atoms with E-state index in [0.29, 0.717) is 12.0 Å². The Morgan fingerprint density at radius 1 is 1.09 bits per heavy atom. The minimum absolute atomic E-state index is 0.0154. The third-order valence-corrected chi connectivity index (χ3v) is 12.1. The molecule has 1 aromatic carbocycles. The molecule has 1 amide bonds. The monoisotopic (exact) mass is 783 g/mol. The highest BCUT2D eigenvalue weighted by molar-refractivity contribution is 6.08. The number of ketones is 2. The molecule has 1 unspecified atom stereocenters. The second-order valence-electron chi connectivity index (χ2n) is 16.5. The van der Waals surface area contributed by atoms with Gasteiger partial charge in [0.25, 0.3) is 5.67 Å². The number of esters is 1. The maximum absolute atomic E-state index is 18.0. The smallest absolute Gasteiger partial charge is 0.408 e. The number of benzene rings is 1. The van der Waals surface area contributed by atoms with Crippen molar-refractivity contribution in [3.05, 3.63) is 48.2 Å². The number of nitrogens with zero attached hydrogens (tertiary/aromatic N) is 2. The molecule has 14 heteroatoms. The number of para-hydroxylation sites is 1. The van der Waals surface area contributed by atoms with E-state index in [9.17, 15) is 24.3 Å². The van der Waals surface area contributed by atoms with E-state index in [1.165, 1.54) is 27.0 Å². The summed E-state index contributed by atoms with van der Waals surface area (Å²) in [5.74, 6) is -5.92. The number of likely N-dealkylation sites (N-methyl/N-ethyl adjacent to an activating group) is 1. The fraction of sp³-hybridized carbons (Fsp3) is 0.643. The van der Waals surface area contributed by atoms with E-state index in [-0.39, 0.29) is 30.8 Å². The number of nitrogens with one attached hydrogen (secondary N) is 1. The van der Waals surface area contributed by atoms with Gasteiger partial charge in [-0.15, -0.1) is 0 Å². The molecule has 13 atom stereocenters. The molecule has 0 aliphatic carbocycles. The number of alkyl halides is 1. The molecule has 308 valence electrons. The summed E-state index contributed by atoms with van der Waals surface area (Å²) in [6.07, 6.45) is -1.84. The van der Waals surface area contributed by atoms with E-state index in [2.05, 4.69) is 10.3 Å². The van der Waals surface area contributed by atoms with Crippen LogP contribution in [0.4, 0.5) is 9.18 Å². The van der Waals surface area contributed by atoms with Crippen molar-refractivity contribution in [2.75, 3.05) is 21.2 Å². The number of ether oxygens (including phenoxy) is 5. The number of hydrogen-bond donors (Lipinski definition) is 2. The van der Waals surface area contributed by atoms with Crippen molar-refractivity contribution in [2.24, 2.45) is 17.8 Å². The van der Waals surface area contributed by atoms with Crippen LogP contribution < -0.4 is 5.32 Å². The van der Waals surface area contributed by atoms with E-state index in [0.717, 1.165) is 10.9 Å². The van der Waals surface area contributed by atoms with Crippen LogP contribution in [0.1, 0.15) is 79.7 Å². The number of carbonyl (C=O) groups is 4. The molecule has 5 rings (SSSR count). The van der Waals surface area contributed by atoms with Crippen LogP contribution >= 0.6 is 0 Å². The standard InChI is InChI=1S/C42H58FN3O10/c1-11-31-41(7)34(45-39(51)56-41)25(4)32(47)23(2)21-40(6,52-10)36(55-37-33(48)30(46(8)9)19-24(3)53-37)26(5)35(49)42(43,38(50)54-31)18-14-15-27-20-28-16-12-13-17-29(28)44-22-27/h12-17,20,22-26,30-31,33-34,36-37,48H,11,18-19,21H2,1-10H3,(H,45,51)/b15-14+/t23-,24-,25-,26+,30+,31+,33-,34-,36-,37+,40+,41-,42?/m1/s1. The van der Waals surface area contributed by atoms with Crippen molar-refractivity contribution in [2.45, 2.75) is 134 Å². The van der Waals surface area contributed by atoms with Crippen molar-refractivity contribution in [3.63, 3.8) is 0 Å². The Hall–Kier alpha value is -3.82. The summed E-state index contributed by atoms with van der Waals surface area (Å²) in [6, 6.07) is 7.99. The number of aliphatic hydroxyl groups excluding tert-OH is 1. The van der Waals surface area contributed by atoms with Gasteiger partial charge in [0.1, 0.15) is 18.0 Å². The number of halogens is 1. The van der Waals surface area contributed by atoms with Gasteiger partial charge in [-0.3, -0.25) is 14.6 Å². The number of alkyl carbamates (subject to hydrolysis) is 1. The molecule has 56 heavy (non-hydrogen) atoms. The van der Waals surface area contributed by atoms with Gasteiger partial charge in [0.2, 0.25) is 0 Å². The van der Waals surface area contributed by atoms with Crippen LogP contribution in [0.3, 0.4) is 0 Å². The summed E-state index contributed by atoms with van der Waals surface area (Å²) in [7, 11) is 5.04. The van der Waals surface area contributed by atoms with Crippen LogP contribution in [0, 0.1) is 17.8 Å². The van der Waals surface area contributed by atoms with Crippen LogP contribution in [0.5, 0.6) is 0 Å². The van der Waals surface area contributed by atoms with Crippen molar-refractivity contribution < 1.29 is 52.4 Å². The summed E-state index contributed by atoms with van der Waals surface area (Å²) < 4.78 is 48.4. The maximum Gasteiger partial charge on any atom is 0.408 e. The third-order valence-electron chi connectivity index (χ3n) is 12.1. The second kappa shape index (κ2) is 17.0. The first-order chi connectivity index (χ1) is 26.3. The molecule has 2 aromatic rings.